The number of sulfonamides is 1. The van der Waals surface area contributed by atoms with Crippen molar-refractivity contribution < 1.29 is 32.3 Å². The van der Waals surface area contributed by atoms with Gasteiger partial charge in [-0.25, -0.2) is 18.0 Å². The molecule has 176 valence electrons. The van der Waals surface area contributed by atoms with Gasteiger partial charge in [-0.2, -0.15) is 4.31 Å². The molecule has 1 saturated heterocycles. The Morgan fingerprint density at radius 3 is 2.21 bits per heavy atom. The molecule has 0 spiro atoms. The van der Waals surface area contributed by atoms with E-state index in [1.54, 1.807) is 0 Å². The molecule has 33 heavy (non-hydrogen) atoms. The third-order valence-electron chi connectivity index (χ3n) is 5.23. The van der Waals surface area contributed by atoms with Gasteiger partial charge in [0.15, 0.2) is 0 Å². The van der Waals surface area contributed by atoms with Gasteiger partial charge in [0, 0.05) is 13.1 Å². The first-order chi connectivity index (χ1) is 15.7. The molecule has 3 rings (SSSR count). The van der Waals surface area contributed by atoms with Gasteiger partial charge in [0.2, 0.25) is 10.0 Å². The number of anilines is 1. The second-order valence-electron chi connectivity index (χ2n) is 7.30. The second kappa shape index (κ2) is 10.3. The smallest absolute Gasteiger partial charge is 0.339 e. The highest BCUT2D eigenvalue weighted by Gasteiger charge is 2.27. The lowest BCUT2D eigenvalue weighted by Crippen LogP contribution is -2.35. The molecule has 2 aromatic rings. The van der Waals surface area contributed by atoms with Crippen molar-refractivity contribution in [2.75, 3.05) is 32.6 Å². The summed E-state index contributed by atoms with van der Waals surface area (Å²) in [4.78, 5) is 37.0. The maximum atomic E-state index is 13.0. The zero-order valence-electron chi connectivity index (χ0n) is 18.1. The fraction of sp³-hybridized carbons (Fsp3) is 0.318. The molecule has 11 heteroatoms. The average Bonchev–Trinajstić information content (AvgIpc) is 2.83. The van der Waals surface area contributed by atoms with Crippen LogP contribution in [0, 0.1) is 0 Å². The van der Waals surface area contributed by atoms with Crippen molar-refractivity contribution in [1.29, 1.82) is 0 Å². The Hall–Kier alpha value is -2.95. The van der Waals surface area contributed by atoms with Gasteiger partial charge in [0.05, 0.1) is 46.5 Å². The van der Waals surface area contributed by atoms with Crippen molar-refractivity contribution in [3.05, 3.63) is 58.1 Å². The maximum absolute atomic E-state index is 13.0. The molecule has 1 amide bonds. The first-order valence-corrected chi connectivity index (χ1v) is 11.9. The number of carbonyl (C=O) groups excluding carboxylic acids is 3. The van der Waals surface area contributed by atoms with Crippen LogP contribution in [-0.2, 0) is 19.5 Å². The van der Waals surface area contributed by atoms with Crippen LogP contribution in [0.15, 0.2) is 41.3 Å². The van der Waals surface area contributed by atoms with Crippen LogP contribution in [0.25, 0.3) is 0 Å². The number of piperidine rings is 1. The number of hydrogen-bond donors (Lipinski definition) is 1. The summed E-state index contributed by atoms with van der Waals surface area (Å²) in [6.45, 7) is 0.824. The summed E-state index contributed by atoms with van der Waals surface area (Å²) in [6, 6.07) is 7.81. The summed E-state index contributed by atoms with van der Waals surface area (Å²) in [5, 5.41) is 2.54. The van der Waals surface area contributed by atoms with E-state index in [1.807, 2.05) is 0 Å². The number of halogens is 1. The molecule has 0 aliphatic carbocycles. The third kappa shape index (κ3) is 5.35. The van der Waals surface area contributed by atoms with E-state index in [9.17, 15) is 22.8 Å². The van der Waals surface area contributed by atoms with E-state index in [-0.39, 0.29) is 32.3 Å². The molecule has 0 radical (unpaired) electrons. The Balaban J connectivity index is 1.97. The molecule has 0 unspecified atom stereocenters. The van der Waals surface area contributed by atoms with Gasteiger partial charge < -0.3 is 14.8 Å². The second-order valence-corrected chi connectivity index (χ2v) is 9.65. The van der Waals surface area contributed by atoms with E-state index in [2.05, 4.69) is 10.1 Å². The molecule has 1 aliphatic heterocycles. The first kappa shape index (κ1) is 24.7. The molecule has 0 bridgehead atoms. The number of amides is 1. The fourth-order valence-corrected chi connectivity index (χ4v) is 5.21. The van der Waals surface area contributed by atoms with E-state index in [0.29, 0.717) is 13.1 Å². The minimum atomic E-state index is -3.80. The van der Waals surface area contributed by atoms with Gasteiger partial charge >= 0.3 is 11.9 Å². The van der Waals surface area contributed by atoms with E-state index >= 15 is 0 Å². The minimum absolute atomic E-state index is 0.00767. The number of nitrogens with zero attached hydrogens (tertiary/aromatic N) is 1. The summed E-state index contributed by atoms with van der Waals surface area (Å²) in [6.07, 6.45) is 2.51. The van der Waals surface area contributed by atoms with Gasteiger partial charge in [-0.05, 0) is 49.2 Å². The fourth-order valence-electron chi connectivity index (χ4n) is 3.46. The molecule has 2 aromatic carbocycles. The molecule has 1 aliphatic rings. The lowest BCUT2D eigenvalue weighted by atomic mass is 10.1. The predicted molar refractivity (Wildman–Crippen MR) is 121 cm³/mol. The standard InChI is InChI=1S/C22H23ClN2O7S/c1-31-21(27)14-6-8-16(22(28)32-2)19(12-14)24-20(26)17-13-15(7-9-18(17)23)33(29,30)25-10-4-3-5-11-25/h6-9,12-13H,3-5,10-11H2,1-2H3,(H,24,26). The van der Waals surface area contributed by atoms with Crippen molar-refractivity contribution in [2.45, 2.75) is 24.2 Å². The number of hydrogen-bond acceptors (Lipinski definition) is 7. The van der Waals surface area contributed by atoms with Gasteiger partial charge in [0.25, 0.3) is 5.91 Å². The Bertz CT molecular complexity index is 1190. The Kier molecular flexibility index (Phi) is 7.72. The van der Waals surface area contributed by atoms with Crippen LogP contribution in [0.5, 0.6) is 0 Å². The summed E-state index contributed by atoms with van der Waals surface area (Å²) < 4.78 is 36.8. The van der Waals surface area contributed by atoms with Crippen LogP contribution >= 0.6 is 11.6 Å². The largest absolute Gasteiger partial charge is 0.465 e. The highest BCUT2D eigenvalue weighted by Crippen LogP contribution is 2.27. The predicted octanol–water partition coefficient (Wildman–Crippen LogP) is 3.34. The summed E-state index contributed by atoms with van der Waals surface area (Å²) in [7, 11) is -1.42. The number of methoxy groups -OCH3 is 2. The van der Waals surface area contributed by atoms with Crippen molar-refractivity contribution in [2.24, 2.45) is 0 Å². The lowest BCUT2D eigenvalue weighted by Gasteiger charge is -2.26. The van der Waals surface area contributed by atoms with Crippen LogP contribution in [0.4, 0.5) is 5.69 Å². The molecule has 0 atom stereocenters. The van der Waals surface area contributed by atoms with Gasteiger partial charge in [0.1, 0.15) is 0 Å². The van der Waals surface area contributed by atoms with Crippen molar-refractivity contribution in [1.82, 2.24) is 4.31 Å². The van der Waals surface area contributed by atoms with Crippen LogP contribution in [0.2, 0.25) is 5.02 Å². The highest BCUT2D eigenvalue weighted by molar-refractivity contribution is 7.89. The average molecular weight is 495 g/mol. The van der Waals surface area contributed by atoms with E-state index < -0.39 is 27.9 Å². The SMILES string of the molecule is COC(=O)c1ccc(C(=O)OC)c(NC(=O)c2cc(S(=O)(=O)N3CCCCC3)ccc2Cl)c1. The molecular weight excluding hydrogens is 472 g/mol. The first-order valence-electron chi connectivity index (χ1n) is 10.1. The third-order valence-corrected chi connectivity index (χ3v) is 7.45. The maximum Gasteiger partial charge on any atom is 0.339 e. The van der Waals surface area contributed by atoms with Crippen LogP contribution in [0.3, 0.4) is 0 Å². The number of carbonyl (C=O) groups is 3. The topological polar surface area (TPSA) is 119 Å². The van der Waals surface area contributed by atoms with Crippen molar-refractivity contribution in [3.63, 3.8) is 0 Å². The van der Waals surface area contributed by atoms with Gasteiger partial charge in [-0.1, -0.05) is 18.0 Å². The number of rotatable bonds is 6. The highest BCUT2D eigenvalue weighted by atomic mass is 35.5. The Morgan fingerprint density at radius 2 is 1.58 bits per heavy atom. The zero-order valence-corrected chi connectivity index (χ0v) is 19.7. The summed E-state index contributed by atoms with van der Waals surface area (Å²) in [5.74, 6) is -2.17. The quantitative estimate of drug-likeness (QED) is 0.611. The van der Waals surface area contributed by atoms with Gasteiger partial charge in [-0.15, -0.1) is 0 Å². The molecule has 9 nitrogen and oxygen atoms in total. The van der Waals surface area contributed by atoms with E-state index in [0.717, 1.165) is 19.3 Å². The number of nitrogens with one attached hydrogen (secondary N) is 1. The monoisotopic (exact) mass is 494 g/mol. The van der Waals surface area contributed by atoms with Gasteiger partial charge in [-0.3, -0.25) is 4.79 Å². The van der Waals surface area contributed by atoms with Crippen molar-refractivity contribution >= 4 is 45.2 Å². The molecule has 1 N–H and O–H groups in total. The molecule has 0 aromatic heterocycles. The van der Waals surface area contributed by atoms with Crippen LogP contribution in [-0.4, -0.2) is 57.9 Å². The molecular formula is C22H23ClN2O7S. The minimum Gasteiger partial charge on any atom is -0.465 e. The van der Waals surface area contributed by atoms with E-state index in [1.165, 1.54) is 54.9 Å². The number of benzene rings is 2. The zero-order chi connectivity index (χ0) is 24.2. The molecule has 0 saturated carbocycles. The van der Waals surface area contributed by atoms with Crippen molar-refractivity contribution in [3.8, 4) is 0 Å². The summed E-state index contributed by atoms with van der Waals surface area (Å²) in [5.41, 5.74) is -0.0381. The number of esters is 2. The molecule has 1 fully saturated rings. The molecule has 1 heterocycles. The Morgan fingerprint density at radius 1 is 0.909 bits per heavy atom. The normalized spacial score (nSPS) is 14.4. The Labute approximate surface area is 196 Å². The van der Waals surface area contributed by atoms with E-state index in [4.69, 9.17) is 16.3 Å². The lowest BCUT2D eigenvalue weighted by molar-refractivity contribution is 0.0587. The van der Waals surface area contributed by atoms with Crippen LogP contribution in [0.1, 0.15) is 50.3 Å². The van der Waals surface area contributed by atoms with Crippen LogP contribution < -0.4 is 5.32 Å². The number of ether oxygens (including phenoxy) is 2. The summed E-state index contributed by atoms with van der Waals surface area (Å²) >= 11 is 6.19.